The molecular weight excluding hydrogens is 789 g/mol. The molecule has 0 nitrogen and oxygen atoms in total. The third-order valence-corrected chi connectivity index (χ3v) is 16.0. The predicted molar refractivity (Wildman–Crippen MR) is 274 cm³/mol. The molecule has 0 aliphatic heterocycles. The average Bonchev–Trinajstić information content (AvgIpc) is 4.00. The summed E-state index contributed by atoms with van der Waals surface area (Å²) in [6, 6.07) is 83.0. The molecule has 0 amide bonds. The summed E-state index contributed by atoms with van der Waals surface area (Å²) in [7, 11) is 0. The van der Waals surface area contributed by atoms with E-state index in [0.29, 0.717) is 0 Å². The van der Waals surface area contributed by atoms with Gasteiger partial charge in [-0.2, -0.15) is 0 Å². The van der Waals surface area contributed by atoms with Crippen LogP contribution >= 0.6 is 11.3 Å². The minimum Gasteiger partial charge on any atom is -0.135 e. The Morgan fingerprint density at radius 1 is 0.250 bits per heavy atom. The van der Waals surface area contributed by atoms with Crippen LogP contribution in [0, 0.1) is 0 Å². The van der Waals surface area contributed by atoms with Gasteiger partial charge in [0.1, 0.15) is 0 Å². The van der Waals surface area contributed by atoms with Crippen molar-refractivity contribution in [3.8, 4) is 44.5 Å². The first-order valence-corrected chi connectivity index (χ1v) is 23.2. The summed E-state index contributed by atoms with van der Waals surface area (Å²) in [5, 5.41) is 15.5. The Morgan fingerprint density at radius 3 is 1.31 bits per heavy atom. The van der Waals surface area contributed by atoms with E-state index in [1.807, 2.05) is 11.3 Å². The lowest BCUT2D eigenvalue weighted by Gasteiger charge is -2.32. The Morgan fingerprint density at radius 2 is 0.688 bits per heavy atom. The van der Waals surface area contributed by atoms with Gasteiger partial charge in [0.05, 0.1) is 5.41 Å². The van der Waals surface area contributed by atoms with Crippen molar-refractivity contribution < 1.29 is 0 Å². The summed E-state index contributed by atoms with van der Waals surface area (Å²) >= 11 is 1.88. The SMILES string of the molecule is c1ccc2c(c1)-c1ccccc1C21c2cc(-c3c4ccccc4c(-c4ccc5sc6ccccc6c5c4)c4ccccc34)c3ccccc3c2-c2c1c1ccccc1c1ccccc21. The zero-order valence-electron chi connectivity index (χ0n) is 34.7. The summed E-state index contributed by atoms with van der Waals surface area (Å²) in [5.74, 6) is 0. The maximum Gasteiger partial charge on any atom is 0.0732 e. The van der Waals surface area contributed by atoms with Gasteiger partial charge in [0.25, 0.3) is 0 Å². The molecular formula is C63H36S. The monoisotopic (exact) mass is 824 g/mol. The van der Waals surface area contributed by atoms with Crippen LogP contribution < -0.4 is 0 Å². The molecule has 12 aromatic carbocycles. The molecule has 15 rings (SSSR count). The fourth-order valence-electron chi connectivity index (χ4n) is 12.5. The van der Waals surface area contributed by atoms with Crippen LogP contribution in [0.5, 0.6) is 0 Å². The second kappa shape index (κ2) is 12.6. The summed E-state index contributed by atoms with van der Waals surface area (Å²) in [6.45, 7) is 0. The van der Waals surface area contributed by atoms with Crippen molar-refractivity contribution in [2.75, 3.05) is 0 Å². The van der Waals surface area contributed by atoms with Crippen LogP contribution in [0.2, 0.25) is 0 Å². The molecule has 1 spiro atoms. The topological polar surface area (TPSA) is 0 Å². The Balaban J connectivity index is 1.13. The van der Waals surface area contributed by atoms with Gasteiger partial charge in [0.2, 0.25) is 0 Å². The lowest BCUT2D eigenvalue weighted by atomic mass is 9.68. The van der Waals surface area contributed by atoms with Crippen molar-refractivity contribution in [2.24, 2.45) is 0 Å². The summed E-state index contributed by atoms with van der Waals surface area (Å²) < 4.78 is 2.65. The summed E-state index contributed by atoms with van der Waals surface area (Å²) in [5.41, 5.74) is 15.4. The van der Waals surface area contributed by atoms with Crippen LogP contribution in [0.4, 0.5) is 0 Å². The van der Waals surface area contributed by atoms with E-state index in [1.165, 1.54) is 141 Å². The molecule has 0 bridgehead atoms. The van der Waals surface area contributed by atoms with E-state index < -0.39 is 5.41 Å². The molecule has 1 heterocycles. The molecule has 64 heavy (non-hydrogen) atoms. The third kappa shape index (κ3) is 4.28. The molecule has 2 aliphatic carbocycles. The van der Waals surface area contributed by atoms with Crippen LogP contribution in [0.15, 0.2) is 218 Å². The summed E-state index contributed by atoms with van der Waals surface area (Å²) in [6.07, 6.45) is 0. The van der Waals surface area contributed by atoms with Crippen LogP contribution in [-0.2, 0) is 5.41 Å². The number of hydrogen-bond acceptors (Lipinski definition) is 1. The van der Waals surface area contributed by atoms with Gasteiger partial charge in [-0.3, -0.25) is 0 Å². The van der Waals surface area contributed by atoms with Crippen molar-refractivity contribution in [3.63, 3.8) is 0 Å². The third-order valence-electron chi connectivity index (χ3n) is 14.8. The lowest BCUT2D eigenvalue weighted by Crippen LogP contribution is -2.26. The van der Waals surface area contributed by atoms with Crippen LogP contribution in [0.1, 0.15) is 22.3 Å². The van der Waals surface area contributed by atoms with E-state index in [0.717, 1.165) is 0 Å². The molecule has 13 aromatic rings. The van der Waals surface area contributed by atoms with E-state index >= 15 is 0 Å². The van der Waals surface area contributed by atoms with Crippen molar-refractivity contribution in [1.82, 2.24) is 0 Å². The van der Waals surface area contributed by atoms with E-state index in [-0.39, 0.29) is 0 Å². The molecule has 0 radical (unpaired) electrons. The first kappa shape index (κ1) is 34.7. The van der Waals surface area contributed by atoms with E-state index in [1.54, 1.807) is 0 Å². The fraction of sp³-hybridized carbons (Fsp3) is 0.0159. The number of benzene rings is 12. The highest BCUT2D eigenvalue weighted by atomic mass is 32.1. The largest absolute Gasteiger partial charge is 0.135 e. The van der Waals surface area contributed by atoms with Gasteiger partial charge < -0.3 is 0 Å². The van der Waals surface area contributed by atoms with Gasteiger partial charge in [0, 0.05) is 20.2 Å². The highest BCUT2D eigenvalue weighted by molar-refractivity contribution is 7.25. The Labute approximate surface area is 373 Å². The molecule has 0 saturated carbocycles. The van der Waals surface area contributed by atoms with Crippen molar-refractivity contribution in [2.45, 2.75) is 5.41 Å². The predicted octanol–water partition coefficient (Wildman–Crippen LogP) is 17.5. The molecule has 0 atom stereocenters. The molecule has 0 unspecified atom stereocenters. The van der Waals surface area contributed by atoms with E-state index in [9.17, 15) is 0 Å². The van der Waals surface area contributed by atoms with Crippen LogP contribution in [-0.4, -0.2) is 0 Å². The zero-order valence-corrected chi connectivity index (χ0v) is 35.5. The quantitative estimate of drug-likeness (QED) is 0.120. The Hall–Kier alpha value is -7.84. The minimum atomic E-state index is -0.551. The smallest absolute Gasteiger partial charge is 0.0732 e. The zero-order chi connectivity index (χ0) is 41.7. The van der Waals surface area contributed by atoms with Gasteiger partial charge in [-0.1, -0.05) is 194 Å². The Kier molecular flexibility index (Phi) is 6.85. The van der Waals surface area contributed by atoms with Gasteiger partial charge in [-0.05, 0) is 145 Å². The normalized spacial score (nSPS) is 13.4. The molecule has 0 N–H and O–H groups in total. The summed E-state index contributed by atoms with van der Waals surface area (Å²) in [4.78, 5) is 0. The van der Waals surface area contributed by atoms with Crippen molar-refractivity contribution in [1.29, 1.82) is 0 Å². The number of hydrogen-bond donors (Lipinski definition) is 0. The van der Waals surface area contributed by atoms with Gasteiger partial charge in [0.15, 0.2) is 0 Å². The average molecular weight is 825 g/mol. The molecule has 1 aromatic heterocycles. The highest BCUT2D eigenvalue weighted by Gasteiger charge is 2.53. The number of fused-ring (bicyclic) bond motifs is 22. The number of thiophene rings is 1. The van der Waals surface area contributed by atoms with Crippen LogP contribution in [0.3, 0.4) is 0 Å². The van der Waals surface area contributed by atoms with Gasteiger partial charge in [-0.25, -0.2) is 0 Å². The molecule has 294 valence electrons. The number of rotatable bonds is 2. The molecule has 1 heteroatoms. The maximum absolute atomic E-state index is 2.64. The van der Waals surface area contributed by atoms with E-state index in [2.05, 4.69) is 218 Å². The fourth-order valence-corrected chi connectivity index (χ4v) is 13.6. The first-order valence-electron chi connectivity index (χ1n) is 22.3. The van der Waals surface area contributed by atoms with Crippen molar-refractivity contribution in [3.05, 3.63) is 241 Å². The second-order valence-electron chi connectivity index (χ2n) is 17.7. The van der Waals surface area contributed by atoms with Crippen LogP contribution in [0.25, 0.3) is 119 Å². The molecule has 2 aliphatic rings. The van der Waals surface area contributed by atoms with Gasteiger partial charge in [-0.15, -0.1) is 11.3 Å². The van der Waals surface area contributed by atoms with E-state index in [4.69, 9.17) is 0 Å². The lowest BCUT2D eigenvalue weighted by molar-refractivity contribution is 0.803. The van der Waals surface area contributed by atoms with Gasteiger partial charge >= 0.3 is 0 Å². The molecule has 0 saturated heterocycles. The highest BCUT2D eigenvalue weighted by Crippen LogP contribution is 2.67. The van der Waals surface area contributed by atoms with Crippen molar-refractivity contribution >= 4 is 85.4 Å². The standard InChI is InChI=1S/C63H36S/c1-5-24-45-38(17-1)39-18-3-10-29-50(39)62-61(45)60-44-23-4-2-19-40(44)52(36-55(60)63(62)53-30-14-11-20-41(53)42-21-12-15-31-54(42)63)59-48-27-8-6-25-46(48)58(47-26-7-9-28-49(47)59)37-33-34-57-51(35-37)43-22-13-16-32-56(43)64-57/h1-36H. The molecule has 0 fully saturated rings. The maximum atomic E-state index is 2.64. The minimum absolute atomic E-state index is 0.551. The Bertz CT molecular complexity index is 4100. The second-order valence-corrected chi connectivity index (χ2v) is 18.8. The first-order chi connectivity index (χ1) is 31.8.